The molecule has 0 spiro atoms. The van der Waals surface area contributed by atoms with Gasteiger partial charge in [-0.3, -0.25) is 0 Å². The Kier molecular flexibility index (Phi) is 18.7. The van der Waals surface area contributed by atoms with Gasteiger partial charge in [0.05, 0.1) is 25.5 Å². The van der Waals surface area contributed by atoms with Crippen molar-refractivity contribution >= 4 is 0 Å². The summed E-state index contributed by atoms with van der Waals surface area (Å²) in [6, 6.07) is 3.31. The van der Waals surface area contributed by atoms with Gasteiger partial charge in [0.15, 0.2) is 0 Å². The van der Waals surface area contributed by atoms with Crippen molar-refractivity contribution in [2.75, 3.05) is 7.11 Å². The molecule has 0 radical (unpaired) electrons. The van der Waals surface area contributed by atoms with E-state index in [1.807, 2.05) is 0 Å². The summed E-state index contributed by atoms with van der Waals surface area (Å²) in [4.78, 5) is 0. The van der Waals surface area contributed by atoms with E-state index < -0.39 is 0 Å². The highest BCUT2D eigenvalue weighted by molar-refractivity contribution is 4.85. The molecule has 0 aliphatic heterocycles. The van der Waals surface area contributed by atoms with E-state index in [0.29, 0.717) is 0 Å². The van der Waals surface area contributed by atoms with Crippen molar-refractivity contribution in [3.05, 3.63) is 12.8 Å². The molecule has 0 aromatic carbocycles. The second-order valence-corrected chi connectivity index (χ2v) is 0.895. The van der Waals surface area contributed by atoms with Gasteiger partial charge in [-0.1, -0.05) is 6.58 Å². The topological polar surface area (TPSA) is 56.8 Å². The van der Waals surface area contributed by atoms with Crippen LogP contribution < -0.4 is 0 Å². The minimum Gasteiger partial charge on any atom is -0.505 e. The Morgan fingerprint density at radius 1 is 1.56 bits per heavy atom. The first-order valence-electron chi connectivity index (χ1n) is 2.21. The fourth-order valence-electron chi connectivity index (χ4n) is 0.0354. The molecule has 0 aromatic rings. The average Bonchev–Trinajstić information content (AvgIpc) is 1.91. The van der Waals surface area contributed by atoms with Crippen LogP contribution in [0.15, 0.2) is 12.8 Å². The molecule has 0 aliphatic rings. The van der Waals surface area contributed by atoms with Crippen LogP contribution in [0.4, 0.5) is 0 Å². The van der Waals surface area contributed by atoms with Crippen molar-refractivity contribution < 1.29 is 4.74 Å². The molecule has 3 heteroatoms. The van der Waals surface area contributed by atoms with E-state index in [4.69, 9.17) is 10.5 Å². The molecule has 0 bridgehead atoms. The SMILES string of the molecule is C=COC.N#CCC#N. The summed E-state index contributed by atoms with van der Waals surface area (Å²) < 4.78 is 4.31. The van der Waals surface area contributed by atoms with Gasteiger partial charge in [-0.2, -0.15) is 10.5 Å². The fourth-order valence-corrected chi connectivity index (χ4v) is 0.0354. The van der Waals surface area contributed by atoms with Crippen LogP contribution in [-0.2, 0) is 4.74 Å². The maximum Gasteiger partial charge on any atom is 0.122 e. The third kappa shape index (κ3) is 57.7. The molecule has 0 amide bonds. The van der Waals surface area contributed by atoms with Gasteiger partial charge in [0.25, 0.3) is 0 Å². The molecule has 0 N–H and O–H groups in total. The summed E-state index contributed by atoms with van der Waals surface area (Å²) in [7, 11) is 1.56. The summed E-state index contributed by atoms with van der Waals surface area (Å²) in [6.45, 7) is 3.26. The van der Waals surface area contributed by atoms with E-state index in [9.17, 15) is 0 Å². The van der Waals surface area contributed by atoms with Gasteiger partial charge in [-0.05, 0) is 0 Å². The molecular weight excluding hydrogens is 116 g/mol. The minimum atomic E-state index is 0. The molecule has 0 heterocycles. The number of rotatable bonds is 1. The third-order valence-electron chi connectivity index (χ3n) is 0.325. The van der Waals surface area contributed by atoms with E-state index in [-0.39, 0.29) is 6.42 Å². The summed E-state index contributed by atoms with van der Waals surface area (Å²) in [6.07, 6.45) is 1.38. The van der Waals surface area contributed by atoms with Crippen molar-refractivity contribution in [2.45, 2.75) is 6.42 Å². The summed E-state index contributed by atoms with van der Waals surface area (Å²) in [5.41, 5.74) is 0. The largest absolute Gasteiger partial charge is 0.505 e. The summed E-state index contributed by atoms with van der Waals surface area (Å²) >= 11 is 0. The molecule has 0 aliphatic carbocycles. The molecule has 0 saturated heterocycles. The Bertz CT molecular complexity index is 117. The predicted molar refractivity (Wildman–Crippen MR) is 33.0 cm³/mol. The van der Waals surface area contributed by atoms with Crippen molar-refractivity contribution in [3.8, 4) is 12.1 Å². The minimum absolute atomic E-state index is 0. The molecular formula is C6H8N2O. The highest BCUT2D eigenvalue weighted by Gasteiger charge is 1.61. The molecule has 0 rings (SSSR count). The molecule has 48 valence electrons. The van der Waals surface area contributed by atoms with Gasteiger partial charge < -0.3 is 4.74 Å². The van der Waals surface area contributed by atoms with Gasteiger partial charge in [-0.15, -0.1) is 0 Å². The monoisotopic (exact) mass is 124 g/mol. The van der Waals surface area contributed by atoms with E-state index in [2.05, 4.69) is 11.3 Å². The molecule has 0 aromatic heterocycles. The van der Waals surface area contributed by atoms with E-state index in [0.717, 1.165) is 0 Å². The highest BCUT2D eigenvalue weighted by atomic mass is 16.5. The summed E-state index contributed by atoms with van der Waals surface area (Å²) in [5, 5.41) is 15.2. The van der Waals surface area contributed by atoms with Crippen LogP contribution in [0, 0.1) is 22.7 Å². The first-order valence-corrected chi connectivity index (χ1v) is 2.21. The van der Waals surface area contributed by atoms with Crippen LogP contribution in [0.3, 0.4) is 0 Å². The van der Waals surface area contributed by atoms with Crippen LogP contribution in [0.1, 0.15) is 6.42 Å². The number of nitrogens with zero attached hydrogens (tertiary/aromatic N) is 2. The normalized spacial score (nSPS) is 4.78. The van der Waals surface area contributed by atoms with E-state index in [1.54, 1.807) is 19.2 Å². The first kappa shape index (κ1) is 10.5. The lowest BCUT2D eigenvalue weighted by Crippen LogP contribution is -1.54. The van der Waals surface area contributed by atoms with E-state index >= 15 is 0 Å². The zero-order chi connectivity index (χ0) is 7.54. The lowest BCUT2D eigenvalue weighted by atomic mass is 10.5. The van der Waals surface area contributed by atoms with Crippen molar-refractivity contribution in [1.29, 1.82) is 10.5 Å². The number of hydrogen-bond donors (Lipinski definition) is 0. The smallest absolute Gasteiger partial charge is 0.122 e. The van der Waals surface area contributed by atoms with Gasteiger partial charge in [0.1, 0.15) is 6.42 Å². The van der Waals surface area contributed by atoms with Crippen molar-refractivity contribution in [3.63, 3.8) is 0 Å². The maximum atomic E-state index is 7.59. The zero-order valence-electron chi connectivity index (χ0n) is 5.29. The van der Waals surface area contributed by atoms with Gasteiger partial charge in [-0.25, -0.2) is 0 Å². The van der Waals surface area contributed by atoms with Crippen molar-refractivity contribution in [1.82, 2.24) is 0 Å². The average molecular weight is 124 g/mol. The Labute approximate surface area is 54.8 Å². The quantitative estimate of drug-likeness (QED) is 0.493. The van der Waals surface area contributed by atoms with Crippen LogP contribution in [0.2, 0.25) is 0 Å². The highest BCUT2D eigenvalue weighted by Crippen LogP contribution is 1.59. The Balaban J connectivity index is 0. The zero-order valence-corrected chi connectivity index (χ0v) is 5.29. The molecule has 0 unspecified atom stereocenters. The lowest BCUT2D eigenvalue weighted by molar-refractivity contribution is 0.339. The van der Waals surface area contributed by atoms with Crippen LogP contribution in [-0.4, -0.2) is 7.11 Å². The van der Waals surface area contributed by atoms with Crippen LogP contribution in [0.5, 0.6) is 0 Å². The second kappa shape index (κ2) is 16.0. The molecule has 9 heavy (non-hydrogen) atoms. The molecule has 3 nitrogen and oxygen atoms in total. The Hall–Kier alpha value is -1.48. The van der Waals surface area contributed by atoms with Crippen LogP contribution >= 0.6 is 0 Å². The summed E-state index contributed by atoms with van der Waals surface area (Å²) in [5.74, 6) is 0. The molecule has 0 atom stereocenters. The number of ether oxygens (including phenoxy) is 1. The van der Waals surface area contributed by atoms with Gasteiger partial charge in [0.2, 0.25) is 0 Å². The number of methoxy groups -OCH3 is 1. The predicted octanol–water partition coefficient (Wildman–Crippen LogP) is 1.20. The Morgan fingerprint density at radius 3 is 1.89 bits per heavy atom. The number of hydrogen-bond acceptors (Lipinski definition) is 3. The number of nitriles is 2. The molecule has 0 saturated carbocycles. The lowest BCUT2D eigenvalue weighted by Gasteiger charge is -1.73. The second-order valence-electron chi connectivity index (χ2n) is 0.895. The molecule has 0 fully saturated rings. The first-order chi connectivity index (χ1) is 4.33. The standard InChI is InChI=1S/C3H2N2.C3H6O/c4-2-1-3-5;1-3-4-2/h1H2;3H,1H2,2H3. The van der Waals surface area contributed by atoms with Crippen molar-refractivity contribution in [2.24, 2.45) is 0 Å². The van der Waals surface area contributed by atoms with Gasteiger partial charge >= 0.3 is 0 Å². The van der Waals surface area contributed by atoms with Crippen LogP contribution in [0.25, 0.3) is 0 Å². The fraction of sp³-hybridized carbons (Fsp3) is 0.333. The Morgan fingerprint density at radius 2 is 1.89 bits per heavy atom. The van der Waals surface area contributed by atoms with E-state index in [1.165, 1.54) is 6.26 Å². The van der Waals surface area contributed by atoms with Gasteiger partial charge in [0, 0.05) is 0 Å². The maximum absolute atomic E-state index is 7.59. The third-order valence-corrected chi connectivity index (χ3v) is 0.325.